The topological polar surface area (TPSA) is 58.6 Å². The van der Waals surface area contributed by atoms with Crippen LogP contribution >= 0.6 is 0 Å². The maximum Gasteiger partial charge on any atom is 0.261 e. The van der Waals surface area contributed by atoms with E-state index in [1.54, 1.807) is 12.1 Å². The van der Waals surface area contributed by atoms with Crippen molar-refractivity contribution < 1.29 is 18.7 Å². The van der Waals surface area contributed by atoms with Crippen LogP contribution in [0.15, 0.2) is 48.5 Å². The van der Waals surface area contributed by atoms with E-state index in [0.717, 1.165) is 12.0 Å². The lowest BCUT2D eigenvalue weighted by Crippen LogP contribution is -2.50. The third kappa shape index (κ3) is 7.39. The Morgan fingerprint density at radius 1 is 1.03 bits per heavy atom. The molecule has 0 aromatic heterocycles. The Kier molecular flexibility index (Phi) is 9.50. The third-order valence-corrected chi connectivity index (χ3v) is 5.11. The summed E-state index contributed by atoms with van der Waals surface area (Å²) >= 11 is 0. The molecule has 0 heterocycles. The largest absolute Gasteiger partial charge is 0.484 e. The number of benzene rings is 2. The Bertz CT molecular complexity index is 835. The van der Waals surface area contributed by atoms with Crippen LogP contribution in [0.4, 0.5) is 4.39 Å². The van der Waals surface area contributed by atoms with Crippen molar-refractivity contribution in [2.45, 2.75) is 59.0 Å². The van der Waals surface area contributed by atoms with Crippen LogP contribution in [0, 0.1) is 5.82 Å². The number of ether oxygens (including phenoxy) is 1. The second-order valence-corrected chi connectivity index (χ2v) is 7.88. The summed E-state index contributed by atoms with van der Waals surface area (Å²) in [7, 11) is 0. The van der Waals surface area contributed by atoms with Gasteiger partial charge in [-0.15, -0.1) is 0 Å². The van der Waals surface area contributed by atoms with Crippen LogP contribution in [-0.2, 0) is 16.1 Å². The molecule has 2 aromatic carbocycles. The Balaban J connectivity index is 2.15. The summed E-state index contributed by atoms with van der Waals surface area (Å²) < 4.78 is 19.0. The predicted octanol–water partition coefficient (Wildman–Crippen LogP) is 4.66. The molecule has 1 atom stereocenters. The molecule has 2 aromatic rings. The molecule has 31 heavy (non-hydrogen) atoms. The van der Waals surface area contributed by atoms with Crippen molar-refractivity contribution in [3.63, 3.8) is 0 Å². The molecule has 0 saturated carbocycles. The lowest BCUT2D eigenvalue weighted by molar-refractivity contribution is -0.143. The number of carbonyl (C=O) groups excluding carboxylic acids is 2. The van der Waals surface area contributed by atoms with Gasteiger partial charge >= 0.3 is 0 Å². The summed E-state index contributed by atoms with van der Waals surface area (Å²) in [5.41, 5.74) is 1.94. The standard InChI is InChI=1S/C25H33FN2O3/c1-5-15-27-25(30)23(6-2)28(16-19-7-11-21(26)12-8-19)24(29)17-31-22-13-9-20(10-14-22)18(3)4/h7-14,18,23H,5-6,15-17H2,1-4H3,(H,27,30). The summed E-state index contributed by atoms with van der Waals surface area (Å²) in [5, 5.41) is 2.87. The molecule has 2 rings (SSSR count). The normalized spacial score (nSPS) is 11.8. The first-order valence-electron chi connectivity index (χ1n) is 10.9. The molecule has 0 saturated heterocycles. The Morgan fingerprint density at radius 3 is 2.23 bits per heavy atom. The van der Waals surface area contributed by atoms with Gasteiger partial charge in [0.25, 0.3) is 5.91 Å². The van der Waals surface area contributed by atoms with Gasteiger partial charge in [0.05, 0.1) is 0 Å². The highest BCUT2D eigenvalue weighted by Gasteiger charge is 2.28. The number of hydrogen-bond donors (Lipinski definition) is 1. The van der Waals surface area contributed by atoms with Crippen LogP contribution in [-0.4, -0.2) is 35.9 Å². The van der Waals surface area contributed by atoms with Gasteiger partial charge in [0.15, 0.2) is 6.61 Å². The van der Waals surface area contributed by atoms with Crippen molar-refractivity contribution >= 4 is 11.8 Å². The maximum absolute atomic E-state index is 13.3. The van der Waals surface area contributed by atoms with Gasteiger partial charge in [-0.05, 0) is 54.2 Å². The molecule has 0 radical (unpaired) electrons. The van der Waals surface area contributed by atoms with E-state index in [2.05, 4.69) is 19.2 Å². The molecular formula is C25H33FN2O3. The second kappa shape index (κ2) is 12.1. The molecule has 1 unspecified atom stereocenters. The van der Waals surface area contributed by atoms with Gasteiger partial charge in [-0.25, -0.2) is 4.39 Å². The van der Waals surface area contributed by atoms with Crippen molar-refractivity contribution in [1.29, 1.82) is 0 Å². The molecule has 5 nitrogen and oxygen atoms in total. The highest BCUT2D eigenvalue weighted by Crippen LogP contribution is 2.19. The second-order valence-electron chi connectivity index (χ2n) is 7.88. The average molecular weight is 429 g/mol. The van der Waals surface area contributed by atoms with Crippen LogP contribution < -0.4 is 10.1 Å². The number of carbonyl (C=O) groups is 2. The van der Waals surface area contributed by atoms with Crippen molar-refractivity contribution in [2.24, 2.45) is 0 Å². The summed E-state index contributed by atoms with van der Waals surface area (Å²) in [5.74, 6) is 0.177. The van der Waals surface area contributed by atoms with Gasteiger partial charge < -0.3 is 15.0 Å². The molecule has 6 heteroatoms. The van der Waals surface area contributed by atoms with E-state index in [1.807, 2.05) is 38.1 Å². The summed E-state index contributed by atoms with van der Waals surface area (Å²) in [6, 6.07) is 13.0. The first-order chi connectivity index (χ1) is 14.8. The minimum atomic E-state index is -0.629. The number of rotatable bonds is 11. The van der Waals surface area contributed by atoms with Crippen LogP contribution in [0.1, 0.15) is 57.6 Å². The molecule has 0 aliphatic rings. The minimum Gasteiger partial charge on any atom is -0.484 e. The van der Waals surface area contributed by atoms with E-state index >= 15 is 0 Å². The number of amides is 2. The first kappa shape index (κ1) is 24.4. The first-order valence-corrected chi connectivity index (χ1v) is 10.9. The fraction of sp³-hybridized carbons (Fsp3) is 0.440. The smallest absolute Gasteiger partial charge is 0.261 e. The zero-order valence-corrected chi connectivity index (χ0v) is 18.9. The van der Waals surface area contributed by atoms with E-state index in [1.165, 1.54) is 22.6 Å². The van der Waals surface area contributed by atoms with Gasteiger partial charge in [-0.2, -0.15) is 0 Å². The zero-order valence-electron chi connectivity index (χ0n) is 18.9. The summed E-state index contributed by atoms with van der Waals surface area (Å²) in [4.78, 5) is 27.3. The Labute approximate surface area is 184 Å². The van der Waals surface area contributed by atoms with Crippen molar-refractivity contribution in [3.05, 3.63) is 65.5 Å². The molecular weight excluding hydrogens is 395 g/mol. The van der Waals surface area contributed by atoms with Gasteiger partial charge in [-0.1, -0.05) is 52.0 Å². The molecule has 2 amide bonds. The van der Waals surface area contributed by atoms with Gasteiger partial charge in [0.2, 0.25) is 5.91 Å². The van der Waals surface area contributed by atoms with Gasteiger partial charge in [0.1, 0.15) is 17.6 Å². The average Bonchev–Trinajstić information content (AvgIpc) is 2.77. The number of nitrogens with zero attached hydrogens (tertiary/aromatic N) is 1. The molecule has 168 valence electrons. The summed E-state index contributed by atoms with van der Waals surface area (Å²) in [6.07, 6.45) is 1.27. The zero-order chi connectivity index (χ0) is 22.8. The van der Waals surface area contributed by atoms with Crippen molar-refractivity contribution in [1.82, 2.24) is 10.2 Å². The summed E-state index contributed by atoms with van der Waals surface area (Å²) in [6.45, 7) is 8.63. The Morgan fingerprint density at radius 2 is 1.68 bits per heavy atom. The fourth-order valence-electron chi connectivity index (χ4n) is 3.25. The fourth-order valence-corrected chi connectivity index (χ4v) is 3.25. The van der Waals surface area contributed by atoms with Gasteiger partial charge in [-0.3, -0.25) is 9.59 Å². The van der Waals surface area contributed by atoms with Crippen LogP contribution in [0.3, 0.4) is 0 Å². The van der Waals surface area contributed by atoms with E-state index < -0.39 is 6.04 Å². The molecule has 0 spiro atoms. The van der Waals surface area contributed by atoms with Crippen LogP contribution in [0.5, 0.6) is 5.75 Å². The quantitative estimate of drug-likeness (QED) is 0.566. The lowest BCUT2D eigenvalue weighted by Gasteiger charge is -2.30. The number of halogens is 1. The number of nitrogens with one attached hydrogen (secondary N) is 1. The SMILES string of the molecule is CCCNC(=O)C(CC)N(Cc1ccc(F)cc1)C(=O)COc1ccc(C(C)C)cc1. The van der Waals surface area contributed by atoms with Crippen LogP contribution in [0.25, 0.3) is 0 Å². The Hall–Kier alpha value is -2.89. The third-order valence-electron chi connectivity index (χ3n) is 5.11. The van der Waals surface area contributed by atoms with Crippen molar-refractivity contribution in [3.8, 4) is 5.75 Å². The highest BCUT2D eigenvalue weighted by atomic mass is 19.1. The maximum atomic E-state index is 13.3. The monoisotopic (exact) mass is 428 g/mol. The lowest BCUT2D eigenvalue weighted by atomic mass is 10.0. The predicted molar refractivity (Wildman–Crippen MR) is 120 cm³/mol. The van der Waals surface area contributed by atoms with E-state index in [0.29, 0.717) is 24.6 Å². The van der Waals surface area contributed by atoms with E-state index in [9.17, 15) is 14.0 Å². The van der Waals surface area contributed by atoms with E-state index in [4.69, 9.17) is 4.74 Å². The van der Waals surface area contributed by atoms with Crippen LogP contribution in [0.2, 0.25) is 0 Å². The van der Waals surface area contributed by atoms with Gasteiger partial charge in [0, 0.05) is 13.1 Å². The molecule has 0 bridgehead atoms. The minimum absolute atomic E-state index is 0.181. The molecule has 0 aliphatic heterocycles. The highest BCUT2D eigenvalue weighted by molar-refractivity contribution is 5.88. The molecule has 0 fully saturated rings. The van der Waals surface area contributed by atoms with E-state index in [-0.39, 0.29) is 30.8 Å². The number of hydrogen-bond acceptors (Lipinski definition) is 3. The molecule has 1 N–H and O–H groups in total. The molecule has 0 aliphatic carbocycles. The van der Waals surface area contributed by atoms with Crippen molar-refractivity contribution in [2.75, 3.05) is 13.2 Å².